The molecular weight excluding hydrogens is 294 g/mol. The van der Waals surface area contributed by atoms with Gasteiger partial charge in [0.25, 0.3) is 0 Å². The lowest BCUT2D eigenvalue weighted by Crippen LogP contribution is -2.37. The lowest BCUT2D eigenvalue weighted by molar-refractivity contribution is -0.672. The first-order valence-electron chi connectivity index (χ1n) is 5.35. The highest BCUT2D eigenvalue weighted by atomic mass is 35.5. The molecule has 0 saturated carbocycles. The zero-order valence-electron chi connectivity index (χ0n) is 9.67. The molecule has 0 saturated heterocycles. The molecule has 2 aromatic rings. The van der Waals surface area contributed by atoms with Gasteiger partial charge in [0.2, 0.25) is 11.0 Å². The van der Waals surface area contributed by atoms with Gasteiger partial charge in [0.05, 0.1) is 10.1 Å². The molecule has 0 N–H and O–H groups in total. The van der Waals surface area contributed by atoms with Crippen molar-refractivity contribution in [2.45, 2.75) is 13.5 Å². The van der Waals surface area contributed by atoms with Crippen LogP contribution in [-0.4, -0.2) is 18.7 Å². The third kappa shape index (κ3) is 3.41. The first kappa shape index (κ1) is 13.7. The molecule has 0 aliphatic carbocycles. The highest BCUT2D eigenvalue weighted by Crippen LogP contribution is 2.20. The van der Waals surface area contributed by atoms with E-state index in [0.717, 1.165) is 10.2 Å². The van der Waals surface area contributed by atoms with Crippen LogP contribution >= 0.6 is 22.9 Å². The number of halogens is 1. The second-order valence-corrected chi connectivity index (χ2v) is 7.09. The number of rotatable bonds is 4. The topological polar surface area (TPSA) is 61.1 Å². The van der Waals surface area contributed by atoms with E-state index in [0.29, 0.717) is 11.6 Å². The number of nitrogens with zero attached hydrogens (tertiary/aromatic N) is 1. The van der Waals surface area contributed by atoms with Crippen molar-refractivity contribution in [3.05, 3.63) is 28.7 Å². The summed E-state index contributed by atoms with van der Waals surface area (Å²) in [5.74, 6) is -0.577. The molecular formula is C11H12ClNO3S2. The van der Waals surface area contributed by atoms with E-state index in [1.165, 1.54) is 0 Å². The second-order valence-electron chi connectivity index (χ2n) is 4.32. The number of fused-ring (bicyclic) bond motifs is 1. The van der Waals surface area contributed by atoms with E-state index in [1.807, 2.05) is 28.3 Å². The number of benzene rings is 1. The zero-order valence-corrected chi connectivity index (χ0v) is 12.1. The van der Waals surface area contributed by atoms with Crippen molar-refractivity contribution in [3.8, 4) is 0 Å². The van der Waals surface area contributed by atoms with Crippen molar-refractivity contribution < 1.29 is 17.5 Å². The minimum Gasteiger partial charge on any atom is -0.748 e. The molecule has 4 nitrogen and oxygen atoms in total. The fraction of sp³-hybridized carbons (Fsp3) is 0.364. The Labute approximate surface area is 115 Å². The Kier molecular flexibility index (Phi) is 3.91. The molecule has 0 aliphatic heterocycles. The van der Waals surface area contributed by atoms with Crippen LogP contribution in [0.3, 0.4) is 0 Å². The highest BCUT2D eigenvalue weighted by Gasteiger charge is 2.17. The largest absolute Gasteiger partial charge is 0.748 e. The Morgan fingerprint density at radius 1 is 1.50 bits per heavy atom. The van der Waals surface area contributed by atoms with Crippen LogP contribution in [0.1, 0.15) is 6.92 Å². The molecule has 1 aromatic heterocycles. The van der Waals surface area contributed by atoms with Crippen LogP contribution in [0, 0.1) is 5.92 Å². The van der Waals surface area contributed by atoms with Crippen molar-refractivity contribution in [1.29, 1.82) is 0 Å². The first-order valence-corrected chi connectivity index (χ1v) is 8.18. The van der Waals surface area contributed by atoms with Crippen molar-refractivity contribution in [3.63, 3.8) is 0 Å². The zero-order chi connectivity index (χ0) is 13.3. The Morgan fingerprint density at radius 2 is 2.22 bits per heavy atom. The van der Waals surface area contributed by atoms with Gasteiger partial charge in [-0.2, -0.15) is 4.57 Å². The van der Waals surface area contributed by atoms with Gasteiger partial charge in [0, 0.05) is 22.8 Å². The standard InChI is InChI=1S/C11H12ClNO3S2/c1-8(6-18(14,15)16)5-13-7-17-11-3-2-9(12)4-10(11)13/h2-4,7-8H,5-6H2,1H3. The quantitative estimate of drug-likeness (QED) is 0.641. The third-order valence-corrected chi connectivity index (χ3v) is 4.71. The molecule has 1 heterocycles. The van der Waals surface area contributed by atoms with Crippen LogP contribution in [-0.2, 0) is 16.7 Å². The average molecular weight is 306 g/mol. The fourth-order valence-electron chi connectivity index (χ4n) is 1.87. The minimum absolute atomic E-state index is 0.228. The smallest absolute Gasteiger partial charge is 0.225 e. The molecule has 2 rings (SSSR count). The lowest BCUT2D eigenvalue weighted by Gasteiger charge is -2.10. The summed E-state index contributed by atoms with van der Waals surface area (Å²) in [6.07, 6.45) is 0. The summed E-state index contributed by atoms with van der Waals surface area (Å²) in [6.45, 7) is 2.23. The maximum Gasteiger partial charge on any atom is 0.225 e. The summed E-state index contributed by atoms with van der Waals surface area (Å²) in [5, 5.41) is 0.638. The molecule has 7 heteroatoms. The number of hydrogen-bond acceptors (Lipinski definition) is 4. The van der Waals surface area contributed by atoms with Gasteiger partial charge in [-0.05, 0) is 12.1 Å². The fourth-order valence-corrected chi connectivity index (χ4v) is 3.72. The van der Waals surface area contributed by atoms with E-state index in [2.05, 4.69) is 0 Å². The van der Waals surface area contributed by atoms with Crippen LogP contribution < -0.4 is 4.57 Å². The number of aromatic nitrogens is 1. The predicted octanol–water partition coefficient (Wildman–Crippen LogP) is 2.02. The summed E-state index contributed by atoms with van der Waals surface area (Å²) in [4.78, 5) is 0. The van der Waals surface area contributed by atoms with E-state index in [-0.39, 0.29) is 11.7 Å². The molecule has 18 heavy (non-hydrogen) atoms. The predicted molar refractivity (Wildman–Crippen MR) is 70.8 cm³/mol. The molecule has 0 bridgehead atoms. The monoisotopic (exact) mass is 305 g/mol. The van der Waals surface area contributed by atoms with Crippen LogP contribution in [0.5, 0.6) is 0 Å². The molecule has 0 amide bonds. The van der Waals surface area contributed by atoms with Crippen molar-refractivity contribution in [1.82, 2.24) is 0 Å². The van der Waals surface area contributed by atoms with Gasteiger partial charge < -0.3 is 4.55 Å². The SMILES string of the molecule is CC(C[n+]1csc2ccc(Cl)cc21)CS(=O)(=O)[O-]. The first-order chi connectivity index (χ1) is 8.35. The van der Waals surface area contributed by atoms with Gasteiger partial charge >= 0.3 is 0 Å². The molecule has 1 atom stereocenters. The van der Waals surface area contributed by atoms with Crippen LogP contribution in [0.25, 0.3) is 10.2 Å². The van der Waals surface area contributed by atoms with Gasteiger partial charge in [0.1, 0.15) is 4.70 Å². The Balaban J connectivity index is 2.24. The average Bonchev–Trinajstić information content (AvgIpc) is 2.58. The Morgan fingerprint density at radius 3 is 2.89 bits per heavy atom. The Hall–Kier alpha value is -0.690. The normalized spacial score (nSPS) is 13.9. The molecule has 0 aliphatic rings. The van der Waals surface area contributed by atoms with Crippen molar-refractivity contribution in [2.75, 3.05) is 5.75 Å². The van der Waals surface area contributed by atoms with E-state index >= 15 is 0 Å². The molecule has 0 spiro atoms. The van der Waals surface area contributed by atoms with Crippen molar-refractivity contribution in [2.24, 2.45) is 5.92 Å². The minimum atomic E-state index is -4.17. The van der Waals surface area contributed by atoms with Gasteiger partial charge in [-0.15, -0.1) is 0 Å². The van der Waals surface area contributed by atoms with Gasteiger partial charge in [-0.25, -0.2) is 8.42 Å². The maximum atomic E-state index is 10.7. The number of hydrogen-bond donors (Lipinski definition) is 0. The van der Waals surface area contributed by atoms with E-state index < -0.39 is 10.1 Å². The van der Waals surface area contributed by atoms with Crippen LogP contribution in [0.2, 0.25) is 5.02 Å². The molecule has 0 fully saturated rings. The summed E-state index contributed by atoms with van der Waals surface area (Å²) in [6, 6.07) is 5.58. The third-order valence-electron chi connectivity index (χ3n) is 2.53. The van der Waals surface area contributed by atoms with E-state index in [1.54, 1.807) is 18.3 Å². The van der Waals surface area contributed by atoms with E-state index in [9.17, 15) is 13.0 Å². The van der Waals surface area contributed by atoms with Crippen LogP contribution in [0.4, 0.5) is 0 Å². The van der Waals surface area contributed by atoms with Crippen LogP contribution in [0.15, 0.2) is 23.7 Å². The highest BCUT2D eigenvalue weighted by molar-refractivity contribution is 7.85. The van der Waals surface area contributed by atoms with Gasteiger partial charge in [0.15, 0.2) is 6.54 Å². The molecule has 1 unspecified atom stereocenters. The van der Waals surface area contributed by atoms with Gasteiger partial charge in [-0.1, -0.05) is 29.9 Å². The summed E-state index contributed by atoms with van der Waals surface area (Å²) in [5.41, 5.74) is 2.87. The second kappa shape index (κ2) is 5.13. The summed E-state index contributed by atoms with van der Waals surface area (Å²) in [7, 11) is -4.17. The number of thiazole rings is 1. The Bertz CT molecular complexity index is 666. The summed E-state index contributed by atoms with van der Waals surface area (Å²) >= 11 is 7.50. The summed E-state index contributed by atoms with van der Waals surface area (Å²) < 4.78 is 35.1. The molecule has 98 valence electrons. The lowest BCUT2D eigenvalue weighted by atomic mass is 10.2. The molecule has 1 aromatic carbocycles. The van der Waals surface area contributed by atoms with E-state index in [4.69, 9.17) is 11.6 Å². The maximum absolute atomic E-state index is 10.7. The molecule has 0 radical (unpaired) electrons. The van der Waals surface area contributed by atoms with Crippen molar-refractivity contribution >= 4 is 43.3 Å². The van der Waals surface area contributed by atoms with Gasteiger partial charge in [-0.3, -0.25) is 0 Å².